The summed E-state index contributed by atoms with van der Waals surface area (Å²) in [7, 11) is 1.55. The molecule has 0 bridgehead atoms. The Bertz CT molecular complexity index is 470. The Balaban J connectivity index is 2.33. The van der Waals surface area contributed by atoms with Gasteiger partial charge in [0.2, 0.25) is 5.72 Å². The smallest absolute Gasteiger partial charge is 0.330 e. The van der Waals surface area contributed by atoms with Gasteiger partial charge in [-0.1, -0.05) is 0 Å². The van der Waals surface area contributed by atoms with Crippen molar-refractivity contribution in [3.05, 3.63) is 29.8 Å². The predicted molar refractivity (Wildman–Crippen MR) is 60.3 cm³/mol. The number of hydroxylamine groups is 1. The van der Waals surface area contributed by atoms with Crippen LogP contribution in [0.5, 0.6) is 5.75 Å². The van der Waals surface area contributed by atoms with Gasteiger partial charge in [0.1, 0.15) is 12.2 Å². The van der Waals surface area contributed by atoms with Crippen molar-refractivity contribution in [2.24, 2.45) is 0 Å². The summed E-state index contributed by atoms with van der Waals surface area (Å²) < 4.78 is 10.2. The zero-order valence-corrected chi connectivity index (χ0v) is 10.1. The minimum Gasteiger partial charge on any atom is -0.497 e. The first-order valence-corrected chi connectivity index (χ1v) is 5.37. The Labute approximate surface area is 104 Å². The highest BCUT2D eigenvalue weighted by Gasteiger charge is 2.45. The van der Waals surface area contributed by atoms with Crippen LogP contribution in [-0.2, 0) is 24.9 Å². The average molecular weight is 251 g/mol. The highest BCUT2D eigenvalue weighted by atomic mass is 16.7. The summed E-state index contributed by atoms with van der Waals surface area (Å²) in [6.45, 7) is 1.27. The van der Waals surface area contributed by atoms with Gasteiger partial charge in [0.05, 0.1) is 7.11 Å². The number of methoxy groups -OCH3 is 1. The van der Waals surface area contributed by atoms with Crippen molar-refractivity contribution >= 4 is 11.9 Å². The minimum atomic E-state index is -1.25. The Kier molecular flexibility index (Phi) is 3.20. The van der Waals surface area contributed by atoms with Gasteiger partial charge in [-0.15, -0.1) is 5.48 Å². The van der Waals surface area contributed by atoms with E-state index in [9.17, 15) is 9.59 Å². The number of rotatable bonds is 3. The van der Waals surface area contributed by atoms with E-state index in [1.54, 1.807) is 31.4 Å². The van der Waals surface area contributed by atoms with E-state index in [0.29, 0.717) is 11.3 Å². The van der Waals surface area contributed by atoms with Gasteiger partial charge in [0.15, 0.2) is 0 Å². The van der Waals surface area contributed by atoms with Gasteiger partial charge in [0.25, 0.3) is 0 Å². The van der Waals surface area contributed by atoms with Crippen LogP contribution in [0.1, 0.15) is 18.9 Å². The molecule has 0 aliphatic carbocycles. The molecule has 0 spiro atoms. The van der Waals surface area contributed by atoms with Crippen LogP contribution in [0.3, 0.4) is 0 Å². The molecule has 0 aromatic heterocycles. The van der Waals surface area contributed by atoms with Crippen LogP contribution in [0.4, 0.5) is 0 Å². The van der Waals surface area contributed by atoms with Crippen LogP contribution in [0.15, 0.2) is 24.3 Å². The molecular weight excluding hydrogens is 238 g/mol. The summed E-state index contributed by atoms with van der Waals surface area (Å²) in [5.41, 5.74) is 1.83. The fourth-order valence-corrected chi connectivity index (χ4v) is 1.80. The van der Waals surface area contributed by atoms with E-state index in [4.69, 9.17) is 9.47 Å². The summed E-state index contributed by atoms with van der Waals surface area (Å²) in [5.74, 6) is -0.314. The molecule has 96 valence electrons. The number of hydrogen-bond donors (Lipinski definition) is 1. The molecule has 1 aliphatic heterocycles. The zero-order chi connectivity index (χ0) is 13.2. The first kappa shape index (κ1) is 12.4. The van der Waals surface area contributed by atoms with Crippen LogP contribution in [-0.4, -0.2) is 19.0 Å². The van der Waals surface area contributed by atoms with Crippen molar-refractivity contribution in [2.75, 3.05) is 7.11 Å². The van der Waals surface area contributed by atoms with Gasteiger partial charge in [-0.25, -0.2) is 0 Å². The summed E-state index contributed by atoms with van der Waals surface area (Å²) in [6.07, 6.45) is -0.0705. The van der Waals surface area contributed by atoms with Crippen LogP contribution in [0.2, 0.25) is 0 Å². The lowest BCUT2D eigenvalue weighted by Crippen LogP contribution is -2.40. The SMILES string of the molecule is COc1ccc(C2(OC(C)=O)CC(=O)ON2)cc1. The molecule has 2 rings (SSSR count). The molecule has 1 fully saturated rings. The Morgan fingerprint density at radius 1 is 1.39 bits per heavy atom. The van der Waals surface area contributed by atoms with Gasteiger partial charge < -0.3 is 14.3 Å². The second kappa shape index (κ2) is 4.66. The number of esters is 1. The molecule has 0 amide bonds. The normalized spacial score (nSPS) is 22.4. The van der Waals surface area contributed by atoms with Crippen LogP contribution in [0, 0.1) is 0 Å². The highest BCUT2D eigenvalue weighted by molar-refractivity contribution is 5.74. The third-order valence-electron chi connectivity index (χ3n) is 2.60. The number of carbonyl (C=O) groups excluding carboxylic acids is 2. The molecule has 1 saturated heterocycles. The molecule has 1 N–H and O–H groups in total. The number of benzene rings is 1. The average Bonchev–Trinajstić information content (AvgIpc) is 2.71. The third-order valence-corrected chi connectivity index (χ3v) is 2.60. The van der Waals surface area contributed by atoms with E-state index in [2.05, 4.69) is 10.3 Å². The van der Waals surface area contributed by atoms with Crippen molar-refractivity contribution in [3.63, 3.8) is 0 Å². The third kappa shape index (κ3) is 2.28. The molecule has 18 heavy (non-hydrogen) atoms. The van der Waals surface area contributed by atoms with E-state index in [1.807, 2.05) is 0 Å². The lowest BCUT2D eigenvalue weighted by molar-refractivity contribution is -0.170. The molecule has 1 aromatic carbocycles. The summed E-state index contributed by atoms with van der Waals surface area (Å²) in [6, 6.07) is 6.84. The number of ether oxygens (including phenoxy) is 2. The molecule has 6 heteroatoms. The Morgan fingerprint density at radius 2 is 2.06 bits per heavy atom. The second-order valence-corrected chi connectivity index (χ2v) is 3.90. The van der Waals surface area contributed by atoms with E-state index >= 15 is 0 Å². The fourth-order valence-electron chi connectivity index (χ4n) is 1.80. The summed E-state index contributed by atoms with van der Waals surface area (Å²) in [4.78, 5) is 27.1. The van der Waals surface area contributed by atoms with Gasteiger partial charge >= 0.3 is 11.9 Å². The van der Waals surface area contributed by atoms with Gasteiger partial charge in [-0.05, 0) is 24.3 Å². The number of nitrogens with one attached hydrogen (secondary N) is 1. The zero-order valence-electron chi connectivity index (χ0n) is 10.1. The van der Waals surface area contributed by atoms with Gasteiger partial charge in [-0.3, -0.25) is 9.59 Å². The number of hydrogen-bond acceptors (Lipinski definition) is 6. The van der Waals surface area contributed by atoms with Crippen molar-refractivity contribution in [3.8, 4) is 5.75 Å². The molecule has 1 aromatic rings. The topological polar surface area (TPSA) is 73.9 Å². The van der Waals surface area contributed by atoms with Gasteiger partial charge in [-0.2, -0.15) is 0 Å². The lowest BCUT2D eigenvalue weighted by atomic mass is 10.0. The van der Waals surface area contributed by atoms with Crippen molar-refractivity contribution in [2.45, 2.75) is 19.1 Å². The molecule has 1 atom stereocenters. The summed E-state index contributed by atoms with van der Waals surface area (Å²) in [5, 5.41) is 0. The molecular formula is C12H13NO5. The molecule has 1 heterocycles. The lowest BCUT2D eigenvalue weighted by Gasteiger charge is -2.26. The molecule has 0 radical (unpaired) electrons. The largest absolute Gasteiger partial charge is 0.497 e. The van der Waals surface area contributed by atoms with Crippen molar-refractivity contribution in [1.29, 1.82) is 0 Å². The van der Waals surface area contributed by atoms with Crippen LogP contribution >= 0.6 is 0 Å². The summed E-state index contributed by atoms with van der Waals surface area (Å²) >= 11 is 0. The molecule has 1 unspecified atom stereocenters. The fraction of sp³-hybridized carbons (Fsp3) is 0.333. The van der Waals surface area contributed by atoms with Gasteiger partial charge in [0, 0.05) is 12.5 Å². The highest BCUT2D eigenvalue weighted by Crippen LogP contribution is 2.32. The molecule has 0 saturated carbocycles. The first-order chi connectivity index (χ1) is 8.55. The quantitative estimate of drug-likeness (QED) is 0.803. The maximum absolute atomic E-state index is 11.2. The molecule has 6 nitrogen and oxygen atoms in total. The second-order valence-electron chi connectivity index (χ2n) is 3.90. The van der Waals surface area contributed by atoms with E-state index in [1.165, 1.54) is 6.92 Å². The van der Waals surface area contributed by atoms with Crippen molar-refractivity contribution in [1.82, 2.24) is 5.48 Å². The Hall–Kier alpha value is -2.08. The minimum absolute atomic E-state index is 0.0705. The van der Waals surface area contributed by atoms with E-state index < -0.39 is 17.7 Å². The first-order valence-electron chi connectivity index (χ1n) is 5.37. The van der Waals surface area contributed by atoms with Crippen LogP contribution < -0.4 is 10.2 Å². The van der Waals surface area contributed by atoms with Crippen molar-refractivity contribution < 1.29 is 23.9 Å². The van der Waals surface area contributed by atoms with E-state index in [0.717, 1.165) is 0 Å². The molecule has 1 aliphatic rings. The standard InChI is InChI=1S/C12H13NO5/c1-8(14)17-12(7-11(15)18-13-12)9-3-5-10(16-2)6-4-9/h3-6,13H,7H2,1-2H3. The Morgan fingerprint density at radius 3 is 2.50 bits per heavy atom. The maximum atomic E-state index is 11.2. The van der Waals surface area contributed by atoms with E-state index in [-0.39, 0.29) is 6.42 Å². The van der Waals surface area contributed by atoms with Crippen LogP contribution in [0.25, 0.3) is 0 Å². The predicted octanol–water partition coefficient (Wildman–Crippen LogP) is 0.863. The maximum Gasteiger partial charge on any atom is 0.330 e. The monoisotopic (exact) mass is 251 g/mol. The number of carbonyl (C=O) groups is 2.